The topological polar surface area (TPSA) is 116 Å². The molecule has 41 heavy (non-hydrogen) atoms. The summed E-state index contributed by atoms with van der Waals surface area (Å²) in [6, 6.07) is 8.19. The Kier molecular flexibility index (Phi) is 11.7. The third-order valence-electron chi connectivity index (χ3n) is 5.84. The third kappa shape index (κ3) is 8.54. The summed E-state index contributed by atoms with van der Waals surface area (Å²) >= 11 is 12.9. The van der Waals surface area contributed by atoms with Crippen LogP contribution in [0.5, 0.6) is 11.5 Å². The number of rotatable bonds is 13. The second-order valence-electron chi connectivity index (χ2n) is 8.54. The van der Waals surface area contributed by atoms with Crippen LogP contribution in [0.1, 0.15) is 12.8 Å². The minimum absolute atomic E-state index is 0.124. The van der Waals surface area contributed by atoms with Crippen LogP contribution in [-0.4, -0.2) is 50.6 Å². The monoisotopic (exact) mass is 598 g/mol. The molecule has 0 aromatic heterocycles. The first-order chi connectivity index (χ1) is 19.8. The van der Waals surface area contributed by atoms with Crippen molar-refractivity contribution in [2.24, 2.45) is 4.99 Å². The highest BCUT2D eigenvalue weighted by Gasteiger charge is 2.23. The van der Waals surface area contributed by atoms with Gasteiger partial charge in [-0.25, -0.2) is 4.79 Å². The minimum Gasteiger partial charge on any atom is -0.495 e. The molecule has 0 unspecified atom stereocenters. The fourth-order valence-electron chi connectivity index (χ4n) is 3.73. The summed E-state index contributed by atoms with van der Waals surface area (Å²) in [5, 5.41) is 11.8. The number of ether oxygens (including phenoxy) is 2. The zero-order valence-electron chi connectivity index (χ0n) is 22.8. The fourth-order valence-corrected chi connectivity index (χ4v) is 4.33. The van der Waals surface area contributed by atoms with Gasteiger partial charge in [-0.3, -0.25) is 14.7 Å². The molecule has 0 radical (unpaired) electrons. The SMILES string of the molecule is C=CC(=O)Nc1ccccc1NCN=CNC(=C)N(CC1=CCCC=C1)C(=O)Nc1c(Cl)c(OC)cc(OC)c1Cl. The number of urea groups is 1. The van der Waals surface area contributed by atoms with Crippen LogP contribution in [0.15, 0.2) is 84.2 Å². The van der Waals surface area contributed by atoms with Crippen molar-refractivity contribution in [1.82, 2.24) is 10.2 Å². The number of nitrogens with zero attached hydrogens (tertiary/aromatic N) is 2. The van der Waals surface area contributed by atoms with Crippen LogP contribution < -0.4 is 30.7 Å². The number of benzene rings is 2. The zero-order valence-corrected chi connectivity index (χ0v) is 24.3. The van der Waals surface area contributed by atoms with E-state index in [0.717, 1.165) is 18.4 Å². The first-order valence-corrected chi connectivity index (χ1v) is 13.3. The van der Waals surface area contributed by atoms with Crippen molar-refractivity contribution in [2.45, 2.75) is 12.8 Å². The van der Waals surface area contributed by atoms with E-state index in [1.807, 2.05) is 24.3 Å². The molecule has 0 saturated carbocycles. The summed E-state index contributed by atoms with van der Waals surface area (Å²) in [7, 11) is 2.90. The Morgan fingerprint density at radius 3 is 2.37 bits per heavy atom. The average Bonchev–Trinajstić information content (AvgIpc) is 2.99. The highest BCUT2D eigenvalue weighted by atomic mass is 35.5. The van der Waals surface area contributed by atoms with Crippen molar-refractivity contribution >= 4 is 58.5 Å². The van der Waals surface area contributed by atoms with E-state index in [4.69, 9.17) is 32.7 Å². The minimum atomic E-state index is -0.542. The van der Waals surface area contributed by atoms with Gasteiger partial charge in [-0.15, -0.1) is 0 Å². The average molecular weight is 600 g/mol. The van der Waals surface area contributed by atoms with Gasteiger partial charge in [0, 0.05) is 6.07 Å². The first kappa shape index (κ1) is 31.1. The lowest BCUT2D eigenvalue weighted by Gasteiger charge is -2.26. The maximum Gasteiger partial charge on any atom is 0.327 e. The molecule has 1 aliphatic carbocycles. The largest absolute Gasteiger partial charge is 0.495 e. The molecule has 0 bridgehead atoms. The molecule has 3 rings (SSSR count). The van der Waals surface area contributed by atoms with Crippen LogP contribution >= 0.6 is 23.2 Å². The van der Waals surface area contributed by atoms with E-state index in [1.54, 1.807) is 12.1 Å². The first-order valence-electron chi connectivity index (χ1n) is 12.5. The molecular formula is C29H32Cl2N6O4. The fraction of sp³-hybridized carbons (Fsp3) is 0.207. The molecule has 0 fully saturated rings. The number of hydrogen-bond acceptors (Lipinski definition) is 6. The van der Waals surface area contributed by atoms with Gasteiger partial charge in [0.2, 0.25) is 5.91 Å². The van der Waals surface area contributed by atoms with Gasteiger partial charge >= 0.3 is 6.03 Å². The van der Waals surface area contributed by atoms with Crippen molar-refractivity contribution in [3.05, 3.63) is 89.2 Å². The predicted octanol–water partition coefficient (Wildman–Crippen LogP) is 6.40. The number of methoxy groups -OCH3 is 2. The molecule has 2 aromatic rings. The van der Waals surface area contributed by atoms with E-state index in [2.05, 4.69) is 45.5 Å². The van der Waals surface area contributed by atoms with Gasteiger partial charge < -0.3 is 30.7 Å². The molecule has 4 N–H and O–H groups in total. The number of hydrogen-bond donors (Lipinski definition) is 4. The van der Waals surface area contributed by atoms with Crippen molar-refractivity contribution in [2.75, 3.05) is 43.4 Å². The van der Waals surface area contributed by atoms with Gasteiger partial charge in [0.1, 0.15) is 34.0 Å². The van der Waals surface area contributed by atoms with E-state index >= 15 is 0 Å². The number of anilines is 3. The molecule has 3 amide bonds. The second kappa shape index (κ2) is 15.4. The molecule has 12 heteroatoms. The van der Waals surface area contributed by atoms with Crippen LogP contribution in [0, 0.1) is 0 Å². The van der Waals surface area contributed by atoms with Crippen molar-refractivity contribution in [3.63, 3.8) is 0 Å². The summed E-state index contributed by atoms with van der Waals surface area (Å²) < 4.78 is 10.6. The zero-order chi connectivity index (χ0) is 29.8. The standard InChI is InChI=1S/C29H32Cl2N6O4/c1-5-25(38)35-22-14-10-9-13-21(22)34-18-32-17-33-19(2)37(16-20-11-7-6-8-12-20)29(39)36-28-26(30)23(40-3)15-24(41-4)27(28)31/h5,7,9-15,17,34H,1-2,6,8,16,18H2,3-4H3,(H,32,33)(H,35,38)(H,36,39). The van der Waals surface area contributed by atoms with E-state index in [9.17, 15) is 9.59 Å². The number of amides is 3. The van der Waals surface area contributed by atoms with Gasteiger partial charge in [0.15, 0.2) is 0 Å². The molecule has 0 atom stereocenters. The Morgan fingerprint density at radius 1 is 1.07 bits per heavy atom. The van der Waals surface area contributed by atoms with Crippen LogP contribution in [0.25, 0.3) is 0 Å². The van der Waals surface area contributed by atoms with Gasteiger partial charge in [-0.1, -0.05) is 66.7 Å². The lowest BCUT2D eigenvalue weighted by atomic mass is 10.1. The lowest BCUT2D eigenvalue weighted by molar-refractivity contribution is -0.111. The van der Waals surface area contributed by atoms with Gasteiger partial charge in [-0.05, 0) is 36.6 Å². The summed E-state index contributed by atoms with van der Waals surface area (Å²) in [5.74, 6) is 0.508. The Balaban J connectivity index is 1.73. The van der Waals surface area contributed by atoms with E-state index in [0.29, 0.717) is 11.4 Å². The van der Waals surface area contributed by atoms with Crippen molar-refractivity contribution < 1.29 is 19.1 Å². The number of aliphatic imine (C=N–C) groups is 1. The van der Waals surface area contributed by atoms with Crippen LogP contribution in [-0.2, 0) is 4.79 Å². The highest BCUT2D eigenvalue weighted by Crippen LogP contribution is 2.44. The van der Waals surface area contributed by atoms with Crippen LogP contribution in [0.4, 0.5) is 21.9 Å². The molecule has 2 aromatic carbocycles. The Labute approximate surface area is 249 Å². The molecule has 0 aliphatic heterocycles. The predicted molar refractivity (Wildman–Crippen MR) is 166 cm³/mol. The summed E-state index contributed by atoms with van der Waals surface area (Å²) in [6.07, 6.45) is 10.5. The summed E-state index contributed by atoms with van der Waals surface area (Å²) in [5.41, 5.74) is 2.35. The van der Waals surface area contributed by atoms with E-state index in [1.165, 1.54) is 37.6 Å². The maximum atomic E-state index is 13.5. The smallest absolute Gasteiger partial charge is 0.327 e. The van der Waals surface area contributed by atoms with Crippen molar-refractivity contribution in [1.29, 1.82) is 0 Å². The molecule has 0 spiro atoms. The molecule has 216 valence electrons. The number of allylic oxidation sites excluding steroid dienone is 2. The number of carbonyl (C=O) groups is 2. The van der Waals surface area contributed by atoms with Crippen LogP contribution in [0.2, 0.25) is 10.0 Å². The molecule has 1 aliphatic rings. The van der Waals surface area contributed by atoms with Crippen LogP contribution in [0.3, 0.4) is 0 Å². The number of para-hydroxylation sites is 2. The summed E-state index contributed by atoms with van der Waals surface area (Å²) in [4.78, 5) is 30.9. The van der Waals surface area contributed by atoms with Gasteiger partial charge in [0.25, 0.3) is 0 Å². The van der Waals surface area contributed by atoms with Gasteiger partial charge in [0.05, 0.1) is 44.2 Å². The Bertz CT molecular complexity index is 1360. The molecular weight excluding hydrogens is 567 g/mol. The summed E-state index contributed by atoms with van der Waals surface area (Å²) in [6.45, 7) is 7.90. The molecule has 0 saturated heterocycles. The normalized spacial score (nSPS) is 12.2. The van der Waals surface area contributed by atoms with Crippen molar-refractivity contribution in [3.8, 4) is 11.5 Å². The quantitative estimate of drug-likeness (QED) is 0.120. The van der Waals surface area contributed by atoms with E-state index < -0.39 is 6.03 Å². The highest BCUT2D eigenvalue weighted by molar-refractivity contribution is 6.41. The number of nitrogens with one attached hydrogen (secondary N) is 4. The van der Waals surface area contributed by atoms with Gasteiger partial charge in [-0.2, -0.15) is 0 Å². The second-order valence-corrected chi connectivity index (χ2v) is 9.29. The molecule has 10 nitrogen and oxygen atoms in total. The maximum absolute atomic E-state index is 13.5. The third-order valence-corrected chi connectivity index (χ3v) is 6.59. The Hall–Kier alpha value is -4.41. The Morgan fingerprint density at radius 2 is 1.76 bits per heavy atom. The number of carbonyl (C=O) groups excluding carboxylic acids is 2. The van der Waals surface area contributed by atoms with E-state index in [-0.39, 0.29) is 52.2 Å². The molecule has 0 heterocycles. The lowest BCUT2D eigenvalue weighted by Crippen LogP contribution is -2.40. The number of halogens is 2.